The molecule has 0 saturated carbocycles. The van der Waals surface area contributed by atoms with Crippen molar-refractivity contribution in [3.63, 3.8) is 0 Å². The second kappa shape index (κ2) is 7.09. The van der Waals surface area contributed by atoms with Crippen LogP contribution >= 0.6 is 0 Å². The Kier molecular flexibility index (Phi) is 4.72. The third-order valence-electron chi connectivity index (χ3n) is 5.53. The Bertz CT molecular complexity index is 1130. The first kappa shape index (κ1) is 19.3. The molecule has 0 amide bonds. The van der Waals surface area contributed by atoms with Crippen LogP contribution in [0.3, 0.4) is 0 Å². The van der Waals surface area contributed by atoms with Gasteiger partial charge in [-0.15, -0.1) is 0 Å². The summed E-state index contributed by atoms with van der Waals surface area (Å²) in [6.45, 7) is 1.34. The first-order chi connectivity index (χ1) is 13.8. The van der Waals surface area contributed by atoms with Crippen molar-refractivity contribution in [2.75, 3.05) is 0 Å². The van der Waals surface area contributed by atoms with Crippen molar-refractivity contribution in [2.24, 2.45) is 0 Å². The Hall–Kier alpha value is -3.03. The number of rotatable bonds is 4. The highest BCUT2D eigenvalue weighted by molar-refractivity contribution is 5.87. The topological polar surface area (TPSA) is 120 Å². The summed E-state index contributed by atoms with van der Waals surface area (Å²) in [6.07, 6.45) is 0.255. The lowest BCUT2D eigenvalue weighted by molar-refractivity contribution is -0.0595. The van der Waals surface area contributed by atoms with E-state index >= 15 is 0 Å². The molecular weight excluding hydrogens is 376 g/mol. The van der Waals surface area contributed by atoms with Crippen molar-refractivity contribution in [3.05, 3.63) is 63.5 Å². The third kappa shape index (κ3) is 3.43. The highest BCUT2D eigenvalue weighted by Gasteiger charge is 2.41. The monoisotopic (exact) mass is 398 g/mol. The van der Waals surface area contributed by atoms with Crippen molar-refractivity contribution >= 4 is 11.0 Å². The fourth-order valence-electron chi connectivity index (χ4n) is 3.79. The van der Waals surface area contributed by atoms with E-state index in [-0.39, 0.29) is 34.6 Å². The minimum Gasteiger partial charge on any atom is -0.508 e. The van der Waals surface area contributed by atoms with Gasteiger partial charge in [0.05, 0.1) is 6.10 Å². The summed E-state index contributed by atoms with van der Waals surface area (Å²) in [6, 6.07) is 9.55. The third-order valence-corrected chi connectivity index (χ3v) is 5.53. The van der Waals surface area contributed by atoms with Crippen LogP contribution in [0.15, 0.2) is 45.6 Å². The zero-order valence-electron chi connectivity index (χ0n) is 15.9. The summed E-state index contributed by atoms with van der Waals surface area (Å²) in [5, 5.41) is 40.3. The predicted molar refractivity (Wildman–Crippen MR) is 105 cm³/mol. The molecule has 2 aromatic carbocycles. The van der Waals surface area contributed by atoms with Crippen LogP contribution in [0.1, 0.15) is 30.2 Å². The van der Waals surface area contributed by atoms with Gasteiger partial charge in [-0.05, 0) is 37.5 Å². The fraction of sp³-hybridized carbons (Fsp3) is 0.318. The molecule has 0 fully saturated rings. The Morgan fingerprint density at radius 2 is 2.00 bits per heavy atom. The highest BCUT2D eigenvalue weighted by Crippen LogP contribution is 2.43. The Morgan fingerprint density at radius 3 is 2.72 bits per heavy atom. The van der Waals surface area contributed by atoms with E-state index in [0.29, 0.717) is 24.2 Å². The van der Waals surface area contributed by atoms with Gasteiger partial charge in [0.2, 0.25) is 0 Å². The minimum atomic E-state index is -0.937. The van der Waals surface area contributed by atoms with E-state index in [2.05, 4.69) is 0 Å². The molecule has 1 aliphatic heterocycles. The van der Waals surface area contributed by atoms with Crippen LogP contribution in [0.4, 0.5) is 0 Å². The molecule has 4 rings (SSSR count). The molecule has 0 unspecified atom stereocenters. The van der Waals surface area contributed by atoms with E-state index in [0.717, 1.165) is 11.6 Å². The van der Waals surface area contributed by atoms with Gasteiger partial charge in [-0.3, -0.25) is 4.79 Å². The summed E-state index contributed by atoms with van der Waals surface area (Å²) < 4.78 is 11.6. The van der Waals surface area contributed by atoms with Gasteiger partial charge in [0, 0.05) is 24.1 Å². The lowest BCUT2D eigenvalue weighted by atomic mass is 9.84. The maximum atomic E-state index is 12.3. The summed E-state index contributed by atoms with van der Waals surface area (Å²) >= 11 is 0. The summed E-state index contributed by atoms with van der Waals surface area (Å²) in [7, 11) is 0. The van der Waals surface area contributed by atoms with Crippen LogP contribution < -0.4 is 10.2 Å². The van der Waals surface area contributed by atoms with Gasteiger partial charge in [0.1, 0.15) is 46.2 Å². The van der Waals surface area contributed by atoms with E-state index in [1.165, 1.54) is 6.07 Å². The normalized spacial score (nSPS) is 21.0. The van der Waals surface area contributed by atoms with Crippen molar-refractivity contribution in [1.29, 1.82) is 0 Å². The number of aliphatic hydroxyl groups is 2. The van der Waals surface area contributed by atoms with Crippen LogP contribution in [0.2, 0.25) is 0 Å². The molecule has 3 aromatic rings. The Labute approximate surface area is 166 Å². The number of benzene rings is 2. The van der Waals surface area contributed by atoms with Gasteiger partial charge < -0.3 is 29.6 Å². The van der Waals surface area contributed by atoms with Crippen LogP contribution in [-0.4, -0.2) is 32.1 Å². The molecule has 7 nitrogen and oxygen atoms in total. The minimum absolute atomic E-state index is 0.000105. The lowest BCUT2D eigenvalue weighted by Gasteiger charge is -2.40. The second-order valence-corrected chi connectivity index (χ2v) is 7.61. The number of aliphatic hydroxyl groups excluding tert-OH is 2. The fourth-order valence-corrected chi connectivity index (χ4v) is 3.79. The molecule has 152 valence electrons. The maximum Gasteiger partial charge on any atom is 0.196 e. The molecule has 1 aliphatic rings. The average Bonchev–Trinajstić information content (AvgIpc) is 2.68. The quantitative estimate of drug-likeness (QED) is 0.532. The van der Waals surface area contributed by atoms with Gasteiger partial charge in [0.15, 0.2) is 5.43 Å². The number of aryl methyl sites for hydroxylation is 1. The van der Waals surface area contributed by atoms with Crippen molar-refractivity contribution < 1.29 is 29.6 Å². The van der Waals surface area contributed by atoms with Crippen LogP contribution in [-0.2, 0) is 19.4 Å². The first-order valence-corrected chi connectivity index (χ1v) is 9.38. The lowest BCUT2D eigenvalue weighted by Crippen LogP contribution is -2.49. The molecule has 29 heavy (non-hydrogen) atoms. The van der Waals surface area contributed by atoms with Crippen molar-refractivity contribution in [1.82, 2.24) is 0 Å². The molecule has 2 heterocycles. The van der Waals surface area contributed by atoms with E-state index in [1.807, 2.05) is 6.07 Å². The van der Waals surface area contributed by atoms with Crippen LogP contribution in [0, 0.1) is 0 Å². The zero-order valence-corrected chi connectivity index (χ0v) is 15.9. The number of phenolic OH excluding ortho intramolecular Hbond substituents is 2. The molecule has 4 N–H and O–H groups in total. The molecule has 0 saturated heterocycles. The number of hydrogen-bond donors (Lipinski definition) is 4. The average molecular weight is 398 g/mol. The standard InChI is InChI=1S/C22H22O7/c1-22(6-5-12-3-2-4-13(24)7-12)19(26)9-15-17(29-22)10-18-20(21(15)27)16(25)8-14(11-23)28-18/h2-4,7-8,10,19,23-24,26-27H,5-6,9,11H2,1H3/t19-,22+/m1/s1. The number of aromatic hydroxyl groups is 2. The molecule has 7 heteroatoms. The van der Waals surface area contributed by atoms with E-state index in [1.54, 1.807) is 25.1 Å². The molecule has 0 aliphatic carbocycles. The van der Waals surface area contributed by atoms with E-state index < -0.39 is 23.7 Å². The molecule has 2 atom stereocenters. The molecule has 0 spiro atoms. The van der Waals surface area contributed by atoms with Gasteiger partial charge >= 0.3 is 0 Å². The van der Waals surface area contributed by atoms with Crippen molar-refractivity contribution in [3.8, 4) is 17.2 Å². The number of fused-ring (bicyclic) bond motifs is 2. The summed E-state index contributed by atoms with van der Waals surface area (Å²) in [5.41, 5.74) is -0.0310. The molecule has 1 aromatic heterocycles. The van der Waals surface area contributed by atoms with Gasteiger partial charge in [-0.1, -0.05) is 12.1 Å². The van der Waals surface area contributed by atoms with Gasteiger partial charge in [-0.25, -0.2) is 0 Å². The van der Waals surface area contributed by atoms with Gasteiger partial charge in [0.25, 0.3) is 0 Å². The zero-order chi connectivity index (χ0) is 20.8. The van der Waals surface area contributed by atoms with Crippen LogP contribution in [0.5, 0.6) is 17.2 Å². The van der Waals surface area contributed by atoms with Gasteiger partial charge in [-0.2, -0.15) is 0 Å². The van der Waals surface area contributed by atoms with Crippen molar-refractivity contribution in [2.45, 2.75) is 44.5 Å². The maximum absolute atomic E-state index is 12.3. The number of phenols is 2. The first-order valence-electron chi connectivity index (χ1n) is 9.38. The number of hydrogen-bond acceptors (Lipinski definition) is 7. The molecular formula is C22H22O7. The second-order valence-electron chi connectivity index (χ2n) is 7.61. The number of ether oxygens (including phenoxy) is 1. The van der Waals surface area contributed by atoms with Crippen LogP contribution in [0.25, 0.3) is 11.0 Å². The smallest absolute Gasteiger partial charge is 0.196 e. The Morgan fingerprint density at radius 1 is 1.21 bits per heavy atom. The van der Waals surface area contributed by atoms with E-state index in [9.17, 15) is 25.2 Å². The highest BCUT2D eigenvalue weighted by atomic mass is 16.5. The predicted octanol–water partition coefficient (Wildman–Crippen LogP) is 2.38. The van der Waals surface area contributed by atoms with E-state index in [4.69, 9.17) is 9.15 Å². The molecule has 0 bridgehead atoms. The summed E-state index contributed by atoms with van der Waals surface area (Å²) in [5.74, 6) is 0.320. The Balaban J connectivity index is 1.70. The largest absolute Gasteiger partial charge is 0.508 e. The molecule has 0 radical (unpaired) electrons. The summed E-state index contributed by atoms with van der Waals surface area (Å²) in [4.78, 5) is 12.3. The SMILES string of the molecule is C[C@@]1(CCc2cccc(O)c2)Oc2cc3oc(CO)cc(=O)c3c(O)c2C[C@H]1O.